The first kappa shape index (κ1) is 25.9. The van der Waals surface area contributed by atoms with E-state index in [0.29, 0.717) is 28.6 Å². The SMILES string of the molecule is CCC(Sc1cccc(NC(=O)c2cccc(OC)c2)c1)C(=O)Nc1nc(-c2ccc(Br)cc2)cs1. The molecule has 9 heteroatoms. The molecule has 3 aromatic carbocycles. The number of thiazole rings is 1. The number of benzene rings is 3. The van der Waals surface area contributed by atoms with Crippen LogP contribution in [-0.2, 0) is 4.79 Å². The van der Waals surface area contributed by atoms with Crippen LogP contribution >= 0.6 is 39.0 Å². The number of halogens is 1. The Hall–Kier alpha value is -3.14. The fourth-order valence-corrected chi connectivity index (χ4v) is 5.37. The van der Waals surface area contributed by atoms with E-state index in [0.717, 1.165) is 20.6 Å². The summed E-state index contributed by atoms with van der Waals surface area (Å²) in [5.74, 6) is 0.282. The van der Waals surface area contributed by atoms with Crippen LogP contribution in [0.3, 0.4) is 0 Å². The average molecular weight is 583 g/mol. The van der Waals surface area contributed by atoms with Crippen molar-refractivity contribution >= 4 is 61.7 Å². The van der Waals surface area contributed by atoms with Gasteiger partial charge < -0.3 is 15.4 Å². The lowest BCUT2D eigenvalue weighted by atomic mass is 10.2. The van der Waals surface area contributed by atoms with Gasteiger partial charge in [-0.15, -0.1) is 23.1 Å². The summed E-state index contributed by atoms with van der Waals surface area (Å²) in [6.07, 6.45) is 0.641. The third-order valence-electron chi connectivity index (χ3n) is 5.24. The monoisotopic (exact) mass is 581 g/mol. The number of ether oxygens (including phenoxy) is 1. The molecule has 1 unspecified atom stereocenters. The zero-order chi connectivity index (χ0) is 25.5. The second-order valence-electron chi connectivity index (χ2n) is 7.76. The van der Waals surface area contributed by atoms with Gasteiger partial charge in [0.15, 0.2) is 5.13 Å². The van der Waals surface area contributed by atoms with Crippen molar-refractivity contribution in [1.82, 2.24) is 4.98 Å². The molecule has 6 nitrogen and oxygen atoms in total. The molecule has 0 saturated carbocycles. The molecule has 0 aliphatic heterocycles. The van der Waals surface area contributed by atoms with Crippen molar-refractivity contribution in [3.8, 4) is 17.0 Å². The molecular formula is C27H24BrN3O3S2. The normalized spacial score (nSPS) is 11.5. The van der Waals surface area contributed by atoms with Gasteiger partial charge in [-0.05, 0) is 55.0 Å². The van der Waals surface area contributed by atoms with Crippen molar-refractivity contribution in [1.29, 1.82) is 0 Å². The number of carbonyl (C=O) groups excluding carboxylic acids is 2. The molecule has 2 N–H and O–H groups in total. The van der Waals surface area contributed by atoms with Crippen molar-refractivity contribution in [2.24, 2.45) is 0 Å². The van der Waals surface area contributed by atoms with Gasteiger partial charge in [0.1, 0.15) is 5.75 Å². The number of rotatable bonds is 9. The number of thioether (sulfide) groups is 1. The molecular weight excluding hydrogens is 558 g/mol. The van der Waals surface area contributed by atoms with Crippen molar-refractivity contribution in [3.05, 3.63) is 88.2 Å². The summed E-state index contributed by atoms with van der Waals surface area (Å²) in [4.78, 5) is 31.1. The van der Waals surface area contributed by atoms with E-state index in [1.54, 1.807) is 31.4 Å². The number of hydrogen-bond donors (Lipinski definition) is 2. The summed E-state index contributed by atoms with van der Waals surface area (Å²) < 4.78 is 6.20. The van der Waals surface area contributed by atoms with Crippen LogP contribution in [0.4, 0.5) is 10.8 Å². The van der Waals surface area contributed by atoms with Crippen LogP contribution in [-0.4, -0.2) is 29.2 Å². The highest BCUT2D eigenvalue weighted by Crippen LogP contribution is 2.30. The Morgan fingerprint density at radius 3 is 2.58 bits per heavy atom. The van der Waals surface area contributed by atoms with E-state index in [1.165, 1.54) is 23.1 Å². The van der Waals surface area contributed by atoms with E-state index >= 15 is 0 Å². The van der Waals surface area contributed by atoms with Gasteiger partial charge in [0.05, 0.1) is 18.1 Å². The molecule has 184 valence electrons. The Labute approximate surface area is 226 Å². The summed E-state index contributed by atoms with van der Waals surface area (Å²) in [6, 6.07) is 22.3. The number of nitrogens with one attached hydrogen (secondary N) is 2. The highest BCUT2D eigenvalue weighted by Gasteiger charge is 2.20. The number of nitrogens with zero attached hydrogens (tertiary/aromatic N) is 1. The minimum absolute atomic E-state index is 0.106. The molecule has 1 atom stereocenters. The summed E-state index contributed by atoms with van der Waals surface area (Å²) in [6.45, 7) is 1.97. The molecule has 4 aromatic rings. The van der Waals surface area contributed by atoms with E-state index in [-0.39, 0.29) is 17.1 Å². The van der Waals surface area contributed by atoms with Gasteiger partial charge in [-0.3, -0.25) is 9.59 Å². The first-order valence-corrected chi connectivity index (χ1v) is 13.7. The van der Waals surface area contributed by atoms with Crippen LogP contribution in [0, 0.1) is 0 Å². The summed E-state index contributed by atoms with van der Waals surface area (Å²) in [5.41, 5.74) is 2.97. The predicted octanol–water partition coefficient (Wildman–Crippen LogP) is 7.34. The highest BCUT2D eigenvalue weighted by atomic mass is 79.9. The maximum Gasteiger partial charge on any atom is 0.255 e. The topological polar surface area (TPSA) is 80.3 Å². The van der Waals surface area contributed by atoms with Gasteiger partial charge >= 0.3 is 0 Å². The van der Waals surface area contributed by atoms with E-state index in [9.17, 15) is 9.59 Å². The Morgan fingerprint density at radius 1 is 1.06 bits per heavy atom. The molecule has 4 rings (SSSR count). The highest BCUT2D eigenvalue weighted by molar-refractivity contribution is 9.10. The molecule has 1 aromatic heterocycles. The summed E-state index contributed by atoms with van der Waals surface area (Å²) in [5, 5.41) is 8.05. The molecule has 1 heterocycles. The van der Waals surface area contributed by atoms with Gasteiger partial charge in [-0.1, -0.05) is 47.1 Å². The minimum Gasteiger partial charge on any atom is -0.497 e. The molecule has 0 bridgehead atoms. The predicted molar refractivity (Wildman–Crippen MR) is 151 cm³/mol. The Morgan fingerprint density at radius 2 is 1.83 bits per heavy atom. The maximum atomic E-state index is 13.0. The molecule has 0 fully saturated rings. The van der Waals surface area contributed by atoms with Gasteiger partial charge in [-0.25, -0.2) is 4.98 Å². The number of amides is 2. The van der Waals surface area contributed by atoms with Gasteiger partial charge in [-0.2, -0.15) is 0 Å². The lowest BCUT2D eigenvalue weighted by molar-refractivity contribution is -0.115. The number of carbonyl (C=O) groups is 2. The Kier molecular flexibility index (Phi) is 8.79. The van der Waals surface area contributed by atoms with Crippen LogP contribution < -0.4 is 15.4 Å². The zero-order valence-corrected chi connectivity index (χ0v) is 22.9. The van der Waals surface area contributed by atoms with Gasteiger partial charge in [0, 0.05) is 31.6 Å². The number of methoxy groups -OCH3 is 1. The van der Waals surface area contributed by atoms with Crippen LogP contribution in [0.15, 0.2) is 87.5 Å². The first-order chi connectivity index (χ1) is 17.4. The maximum absolute atomic E-state index is 13.0. The smallest absolute Gasteiger partial charge is 0.255 e. The molecule has 0 radical (unpaired) electrons. The van der Waals surface area contributed by atoms with Crippen molar-refractivity contribution in [2.45, 2.75) is 23.5 Å². The number of hydrogen-bond acceptors (Lipinski definition) is 6. The average Bonchev–Trinajstić information content (AvgIpc) is 3.36. The molecule has 36 heavy (non-hydrogen) atoms. The molecule has 0 aliphatic rings. The first-order valence-electron chi connectivity index (χ1n) is 11.2. The second-order valence-corrected chi connectivity index (χ2v) is 10.8. The second kappa shape index (κ2) is 12.2. The van der Waals surface area contributed by atoms with Crippen molar-refractivity contribution in [3.63, 3.8) is 0 Å². The van der Waals surface area contributed by atoms with Crippen molar-refractivity contribution in [2.75, 3.05) is 17.7 Å². The Bertz CT molecular complexity index is 1360. The Balaban J connectivity index is 1.39. The largest absolute Gasteiger partial charge is 0.497 e. The standard InChI is InChI=1S/C27H24BrN3O3S2/c1-3-24(26(33)31-27-30-23(16-35-27)17-10-12-19(28)13-11-17)36-22-9-5-7-20(15-22)29-25(32)18-6-4-8-21(14-18)34-2/h4-16,24H,3H2,1-2H3,(H,29,32)(H,30,31,33). The number of aromatic nitrogens is 1. The minimum atomic E-state index is -0.311. The third-order valence-corrected chi connectivity index (χ3v) is 7.88. The molecule has 0 saturated heterocycles. The molecule has 0 aliphatic carbocycles. The lowest BCUT2D eigenvalue weighted by Crippen LogP contribution is -2.24. The molecule has 0 spiro atoms. The lowest BCUT2D eigenvalue weighted by Gasteiger charge is -2.14. The third kappa shape index (κ3) is 6.75. The van der Waals surface area contributed by atoms with Crippen LogP contribution in [0.25, 0.3) is 11.3 Å². The quantitative estimate of drug-likeness (QED) is 0.202. The zero-order valence-electron chi connectivity index (χ0n) is 19.7. The van der Waals surface area contributed by atoms with E-state index in [1.807, 2.05) is 60.8 Å². The van der Waals surface area contributed by atoms with Crippen LogP contribution in [0.1, 0.15) is 23.7 Å². The van der Waals surface area contributed by atoms with E-state index in [4.69, 9.17) is 4.74 Å². The van der Waals surface area contributed by atoms with E-state index < -0.39 is 0 Å². The van der Waals surface area contributed by atoms with Gasteiger partial charge in [0.25, 0.3) is 5.91 Å². The fraction of sp³-hybridized carbons (Fsp3) is 0.148. The fourth-order valence-electron chi connectivity index (χ4n) is 3.37. The number of anilines is 2. The van der Waals surface area contributed by atoms with Crippen LogP contribution in [0.5, 0.6) is 5.75 Å². The van der Waals surface area contributed by atoms with Gasteiger partial charge in [0.2, 0.25) is 5.91 Å². The van der Waals surface area contributed by atoms with Crippen molar-refractivity contribution < 1.29 is 14.3 Å². The van der Waals surface area contributed by atoms with Crippen LogP contribution in [0.2, 0.25) is 0 Å². The summed E-state index contributed by atoms with van der Waals surface area (Å²) in [7, 11) is 1.56. The van der Waals surface area contributed by atoms with E-state index in [2.05, 4.69) is 31.5 Å². The summed E-state index contributed by atoms with van der Waals surface area (Å²) >= 11 is 6.29. The molecule has 2 amide bonds.